The van der Waals surface area contributed by atoms with Crippen molar-refractivity contribution in [1.29, 1.82) is 0 Å². The molecule has 0 aliphatic heterocycles. The molecule has 0 aliphatic carbocycles. The summed E-state index contributed by atoms with van der Waals surface area (Å²) in [4.78, 5) is 16.3. The van der Waals surface area contributed by atoms with Crippen LogP contribution in [0.5, 0.6) is 0 Å². The van der Waals surface area contributed by atoms with Crippen molar-refractivity contribution in [3.8, 4) is 0 Å². The standard InChI is InChI=1S/C18H16FN3OS/c19-15-7-4-8-16(11-15)21-17(23)13-24-18-20-9-10-22(18)12-14-5-2-1-3-6-14/h1-11H,12-13H2,(H,21,23). The lowest BCUT2D eigenvalue weighted by Crippen LogP contribution is -2.14. The summed E-state index contributed by atoms with van der Waals surface area (Å²) in [6.07, 6.45) is 3.61. The van der Waals surface area contributed by atoms with E-state index in [1.807, 2.05) is 41.1 Å². The fourth-order valence-electron chi connectivity index (χ4n) is 2.23. The number of thioether (sulfide) groups is 1. The fourth-order valence-corrected chi connectivity index (χ4v) is 2.99. The largest absolute Gasteiger partial charge is 0.325 e. The molecule has 1 heterocycles. The van der Waals surface area contributed by atoms with Crippen LogP contribution in [-0.2, 0) is 11.3 Å². The van der Waals surface area contributed by atoms with Gasteiger partial charge in [0.05, 0.1) is 5.75 Å². The third-order valence-corrected chi connectivity index (χ3v) is 4.32. The lowest BCUT2D eigenvalue weighted by atomic mass is 10.2. The van der Waals surface area contributed by atoms with Crippen molar-refractivity contribution in [1.82, 2.24) is 9.55 Å². The first-order valence-corrected chi connectivity index (χ1v) is 8.42. The summed E-state index contributed by atoms with van der Waals surface area (Å²) in [6, 6.07) is 15.9. The van der Waals surface area contributed by atoms with Crippen LogP contribution in [0.2, 0.25) is 0 Å². The van der Waals surface area contributed by atoms with Crippen LogP contribution in [0.15, 0.2) is 72.1 Å². The summed E-state index contributed by atoms with van der Waals surface area (Å²) in [7, 11) is 0. The summed E-state index contributed by atoms with van der Waals surface area (Å²) in [5.74, 6) is -0.360. The first-order chi connectivity index (χ1) is 11.7. The molecule has 0 atom stereocenters. The number of hydrogen-bond donors (Lipinski definition) is 1. The second-order valence-electron chi connectivity index (χ2n) is 5.17. The Morgan fingerprint density at radius 1 is 1.17 bits per heavy atom. The molecule has 0 fully saturated rings. The molecule has 122 valence electrons. The number of aromatic nitrogens is 2. The average molecular weight is 341 g/mol. The molecule has 1 aromatic heterocycles. The van der Waals surface area contributed by atoms with Gasteiger partial charge in [-0.1, -0.05) is 48.2 Å². The first-order valence-electron chi connectivity index (χ1n) is 7.44. The Morgan fingerprint density at radius 3 is 2.79 bits per heavy atom. The lowest BCUT2D eigenvalue weighted by Gasteiger charge is -2.08. The monoisotopic (exact) mass is 341 g/mol. The molecule has 0 radical (unpaired) electrons. The van der Waals surface area contributed by atoms with Gasteiger partial charge < -0.3 is 9.88 Å². The molecule has 0 aliphatic rings. The maximum Gasteiger partial charge on any atom is 0.234 e. The summed E-state index contributed by atoms with van der Waals surface area (Å²) in [5.41, 5.74) is 1.62. The normalized spacial score (nSPS) is 10.5. The molecule has 0 spiro atoms. The van der Waals surface area contributed by atoms with E-state index in [1.165, 1.54) is 29.5 Å². The van der Waals surface area contributed by atoms with Gasteiger partial charge in [0.2, 0.25) is 5.91 Å². The van der Waals surface area contributed by atoms with Gasteiger partial charge >= 0.3 is 0 Å². The van der Waals surface area contributed by atoms with Gasteiger partial charge in [-0.05, 0) is 23.8 Å². The molecule has 6 heteroatoms. The fraction of sp³-hybridized carbons (Fsp3) is 0.111. The van der Waals surface area contributed by atoms with Gasteiger partial charge in [-0.2, -0.15) is 0 Å². The molecule has 1 N–H and O–H groups in total. The minimum atomic E-state index is -0.376. The highest BCUT2D eigenvalue weighted by Crippen LogP contribution is 2.18. The first kappa shape index (κ1) is 16.3. The van der Waals surface area contributed by atoms with E-state index in [4.69, 9.17) is 0 Å². The maximum absolute atomic E-state index is 13.1. The number of anilines is 1. The number of carbonyl (C=O) groups excluding carboxylic acids is 1. The number of amides is 1. The topological polar surface area (TPSA) is 46.9 Å². The highest BCUT2D eigenvalue weighted by molar-refractivity contribution is 7.99. The van der Waals surface area contributed by atoms with E-state index in [1.54, 1.807) is 18.3 Å². The summed E-state index contributed by atoms with van der Waals surface area (Å²) in [5, 5.41) is 3.45. The number of nitrogens with zero attached hydrogens (tertiary/aromatic N) is 2. The molecule has 3 rings (SSSR count). The van der Waals surface area contributed by atoms with Gasteiger partial charge in [0.1, 0.15) is 5.82 Å². The highest BCUT2D eigenvalue weighted by atomic mass is 32.2. The van der Waals surface area contributed by atoms with E-state index in [2.05, 4.69) is 10.3 Å². The van der Waals surface area contributed by atoms with Crippen molar-refractivity contribution in [2.24, 2.45) is 0 Å². The van der Waals surface area contributed by atoms with E-state index >= 15 is 0 Å². The lowest BCUT2D eigenvalue weighted by molar-refractivity contribution is -0.113. The average Bonchev–Trinajstić information content (AvgIpc) is 3.01. The third-order valence-electron chi connectivity index (χ3n) is 3.31. The number of nitrogens with one attached hydrogen (secondary N) is 1. The highest BCUT2D eigenvalue weighted by Gasteiger charge is 2.09. The zero-order valence-electron chi connectivity index (χ0n) is 12.9. The van der Waals surface area contributed by atoms with Crippen LogP contribution in [-0.4, -0.2) is 21.2 Å². The number of benzene rings is 2. The number of halogens is 1. The maximum atomic E-state index is 13.1. The van der Waals surface area contributed by atoms with E-state index < -0.39 is 0 Å². The summed E-state index contributed by atoms with van der Waals surface area (Å²) >= 11 is 1.35. The predicted molar refractivity (Wildman–Crippen MR) is 93.5 cm³/mol. The Morgan fingerprint density at radius 2 is 2.00 bits per heavy atom. The van der Waals surface area contributed by atoms with Gasteiger partial charge in [0.15, 0.2) is 5.16 Å². The SMILES string of the molecule is O=C(CSc1nccn1Cc1ccccc1)Nc1cccc(F)c1. The predicted octanol–water partition coefficient (Wildman–Crippen LogP) is 3.80. The minimum absolute atomic E-state index is 0.195. The van der Waals surface area contributed by atoms with Crippen molar-refractivity contribution >= 4 is 23.4 Å². The van der Waals surface area contributed by atoms with Crippen molar-refractivity contribution in [3.63, 3.8) is 0 Å². The molecule has 0 saturated carbocycles. The van der Waals surface area contributed by atoms with Crippen LogP contribution in [0.4, 0.5) is 10.1 Å². The molecule has 0 unspecified atom stereocenters. The molecular weight excluding hydrogens is 325 g/mol. The molecular formula is C18H16FN3OS. The van der Waals surface area contributed by atoms with E-state index in [0.717, 1.165) is 5.16 Å². The van der Waals surface area contributed by atoms with Crippen molar-refractivity contribution in [2.75, 3.05) is 11.1 Å². The van der Waals surface area contributed by atoms with Crippen LogP contribution in [0.25, 0.3) is 0 Å². The van der Waals surface area contributed by atoms with Crippen molar-refractivity contribution in [3.05, 3.63) is 78.4 Å². The molecule has 24 heavy (non-hydrogen) atoms. The summed E-state index contributed by atoms with van der Waals surface area (Å²) < 4.78 is 15.1. The molecule has 0 bridgehead atoms. The second-order valence-corrected chi connectivity index (χ2v) is 6.11. The van der Waals surface area contributed by atoms with Crippen LogP contribution in [0.1, 0.15) is 5.56 Å². The Labute approximate surface area is 143 Å². The Hall–Kier alpha value is -2.60. The zero-order valence-corrected chi connectivity index (χ0v) is 13.7. The van der Waals surface area contributed by atoms with E-state index in [9.17, 15) is 9.18 Å². The van der Waals surface area contributed by atoms with Gasteiger partial charge in [0.25, 0.3) is 0 Å². The second kappa shape index (κ2) is 7.79. The molecule has 4 nitrogen and oxygen atoms in total. The van der Waals surface area contributed by atoms with Gasteiger partial charge in [-0.25, -0.2) is 9.37 Å². The number of imidazole rings is 1. The molecule has 1 amide bonds. The van der Waals surface area contributed by atoms with Crippen molar-refractivity contribution < 1.29 is 9.18 Å². The van der Waals surface area contributed by atoms with Gasteiger partial charge in [-0.3, -0.25) is 4.79 Å². The van der Waals surface area contributed by atoms with Gasteiger partial charge in [0, 0.05) is 24.6 Å². The van der Waals surface area contributed by atoms with Crippen LogP contribution in [0.3, 0.4) is 0 Å². The van der Waals surface area contributed by atoms with Crippen LogP contribution in [0, 0.1) is 5.82 Å². The number of carbonyl (C=O) groups is 1. The smallest absolute Gasteiger partial charge is 0.234 e. The molecule has 3 aromatic rings. The third kappa shape index (κ3) is 4.45. The minimum Gasteiger partial charge on any atom is -0.325 e. The quantitative estimate of drug-likeness (QED) is 0.694. The number of rotatable bonds is 6. The van der Waals surface area contributed by atoms with Crippen LogP contribution < -0.4 is 5.32 Å². The summed E-state index contributed by atoms with van der Waals surface area (Å²) in [6.45, 7) is 0.703. The van der Waals surface area contributed by atoms with Crippen molar-refractivity contribution in [2.45, 2.75) is 11.7 Å². The van der Waals surface area contributed by atoms with Crippen LogP contribution >= 0.6 is 11.8 Å². The van der Waals surface area contributed by atoms with Gasteiger partial charge in [-0.15, -0.1) is 0 Å². The molecule has 2 aromatic carbocycles. The zero-order chi connectivity index (χ0) is 16.8. The Bertz CT molecular complexity index is 820. The van der Waals surface area contributed by atoms with E-state index in [0.29, 0.717) is 12.2 Å². The van der Waals surface area contributed by atoms with E-state index in [-0.39, 0.29) is 17.5 Å². The Balaban J connectivity index is 1.57. The number of hydrogen-bond acceptors (Lipinski definition) is 3. The molecule has 0 saturated heterocycles. The Kier molecular flexibility index (Phi) is 5.28.